The van der Waals surface area contributed by atoms with Crippen molar-refractivity contribution in [2.75, 3.05) is 7.05 Å². The maximum atomic E-state index is 13.2. The minimum Gasteiger partial charge on any atom is -0.507 e. The van der Waals surface area contributed by atoms with E-state index in [1.54, 1.807) is 19.1 Å². The van der Waals surface area contributed by atoms with E-state index in [0.29, 0.717) is 40.9 Å². The van der Waals surface area contributed by atoms with E-state index in [-0.39, 0.29) is 11.2 Å². The van der Waals surface area contributed by atoms with Crippen molar-refractivity contribution in [3.8, 4) is 16.9 Å². The predicted octanol–water partition coefficient (Wildman–Crippen LogP) is 5.82. The van der Waals surface area contributed by atoms with Gasteiger partial charge in [-0.2, -0.15) is 0 Å². The lowest BCUT2D eigenvalue weighted by molar-refractivity contribution is 0.314. The Bertz CT molecular complexity index is 1230. The lowest BCUT2D eigenvalue weighted by Crippen LogP contribution is -2.17. The number of rotatable bonds is 5. The summed E-state index contributed by atoms with van der Waals surface area (Å²) in [6.45, 7) is 2.90. The van der Waals surface area contributed by atoms with Crippen LogP contribution in [0.4, 0.5) is 0 Å². The first-order valence-electron chi connectivity index (χ1n) is 9.20. The molecule has 2 aromatic heterocycles. The summed E-state index contributed by atoms with van der Waals surface area (Å²) < 4.78 is 6.84. The molecule has 148 valence electrons. The average molecular weight is 426 g/mol. The lowest BCUT2D eigenvalue weighted by Gasteiger charge is -2.18. The number of halogens is 1. The van der Waals surface area contributed by atoms with Crippen LogP contribution in [-0.4, -0.2) is 17.1 Å². The van der Waals surface area contributed by atoms with E-state index < -0.39 is 0 Å². The SMILES string of the molecule is Cc1oc2c(CN(C)Cc3ccc(Cl)s3)c(O)ccc2c(=O)c1-c1ccccc1. The molecule has 4 aromatic rings. The van der Waals surface area contributed by atoms with Crippen molar-refractivity contribution in [1.29, 1.82) is 0 Å². The van der Waals surface area contributed by atoms with Crippen molar-refractivity contribution in [2.24, 2.45) is 0 Å². The molecule has 0 radical (unpaired) electrons. The van der Waals surface area contributed by atoms with Gasteiger partial charge in [0.2, 0.25) is 5.43 Å². The molecule has 29 heavy (non-hydrogen) atoms. The van der Waals surface area contributed by atoms with Crippen LogP contribution in [0.25, 0.3) is 22.1 Å². The molecule has 0 saturated heterocycles. The summed E-state index contributed by atoms with van der Waals surface area (Å²) in [4.78, 5) is 16.4. The molecular formula is C23H20ClNO3S. The van der Waals surface area contributed by atoms with E-state index in [4.69, 9.17) is 16.0 Å². The van der Waals surface area contributed by atoms with E-state index in [0.717, 1.165) is 14.8 Å². The smallest absolute Gasteiger partial charge is 0.200 e. The molecule has 0 aliphatic carbocycles. The maximum Gasteiger partial charge on any atom is 0.200 e. The van der Waals surface area contributed by atoms with Crippen LogP contribution in [-0.2, 0) is 13.1 Å². The molecule has 0 saturated carbocycles. The highest BCUT2D eigenvalue weighted by molar-refractivity contribution is 7.16. The van der Waals surface area contributed by atoms with Gasteiger partial charge >= 0.3 is 0 Å². The van der Waals surface area contributed by atoms with Crippen molar-refractivity contribution in [3.63, 3.8) is 0 Å². The van der Waals surface area contributed by atoms with Gasteiger partial charge in [-0.25, -0.2) is 0 Å². The van der Waals surface area contributed by atoms with Crippen LogP contribution < -0.4 is 5.43 Å². The zero-order valence-electron chi connectivity index (χ0n) is 16.1. The Morgan fingerprint density at radius 1 is 1.07 bits per heavy atom. The molecule has 0 unspecified atom stereocenters. The van der Waals surface area contributed by atoms with Crippen LogP contribution in [0.5, 0.6) is 5.75 Å². The van der Waals surface area contributed by atoms with Gasteiger partial charge in [-0.1, -0.05) is 41.9 Å². The Balaban J connectivity index is 1.77. The number of phenols is 1. The summed E-state index contributed by atoms with van der Waals surface area (Å²) in [7, 11) is 1.95. The number of hydrogen-bond acceptors (Lipinski definition) is 5. The quantitative estimate of drug-likeness (QED) is 0.437. The normalized spacial score (nSPS) is 11.4. The van der Waals surface area contributed by atoms with Gasteiger partial charge in [-0.05, 0) is 43.8 Å². The Hall–Kier alpha value is -2.60. The second-order valence-corrected chi connectivity index (χ2v) is 8.85. The third-order valence-corrected chi connectivity index (χ3v) is 6.08. The number of hydrogen-bond donors (Lipinski definition) is 1. The topological polar surface area (TPSA) is 53.7 Å². The fraction of sp³-hybridized carbons (Fsp3) is 0.174. The number of fused-ring (bicyclic) bond motifs is 1. The Morgan fingerprint density at radius 2 is 1.83 bits per heavy atom. The molecule has 0 spiro atoms. The second-order valence-electron chi connectivity index (χ2n) is 7.05. The van der Waals surface area contributed by atoms with Gasteiger partial charge < -0.3 is 9.52 Å². The molecule has 0 fully saturated rings. The van der Waals surface area contributed by atoms with Crippen molar-refractivity contribution in [1.82, 2.24) is 4.90 Å². The van der Waals surface area contributed by atoms with Crippen molar-refractivity contribution in [3.05, 3.63) is 85.4 Å². The lowest BCUT2D eigenvalue weighted by atomic mass is 10.0. The van der Waals surface area contributed by atoms with Crippen LogP contribution in [0.2, 0.25) is 4.34 Å². The van der Waals surface area contributed by atoms with Crippen LogP contribution in [0.3, 0.4) is 0 Å². The number of aryl methyl sites for hydroxylation is 1. The first-order chi connectivity index (χ1) is 13.9. The predicted molar refractivity (Wildman–Crippen MR) is 119 cm³/mol. The molecule has 0 bridgehead atoms. The molecule has 2 aromatic carbocycles. The third kappa shape index (κ3) is 3.94. The summed E-state index contributed by atoms with van der Waals surface area (Å²) in [5.74, 6) is 0.650. The molecule has 0 atom stereocenters. The van der Waals surface area contributed by atoms with Gasteiger partial charge in [-0.3, -0.25) is 9.69 Å². The summed E-state index contributed by atoms with van der Waals surface area (Å²) in [6, 6.07) is 16.5. The van der Waals surface area contributed by atoms with Gasteiger partial charge in [0, 0.05) is 18.0 Å². The van der Waals surface area contributed by atoms with Gasteiger partial charge in [0.15, 0.2) is 0 Å². The molecule has 6 heteroatoms. The fourth-order valence-corrected chi connectivity index (χ4v) is 4.70. The van der Waals surface area contributed by atoms with Crippen LogP contribution in [0, 0.1) is 6.92 Å². The van der Waals surface area contributed by atoms with Crippen LogP contribution in [0.15, 0.2) is 63.8 Å². The first kappa shape index (κ1) is 19.7. The summed E-state index contributed by atoms with van der Waals surface area (Å²) in [6.07, 6.45) is 0. The maximum absolute atomic E-state index is 13.2. The van der Waals surface area contributed by atoms with Gasteiger partial charge in [0.05, 0.1) is 20.8 Å². The molecule has 0 amide bonds. The third-order valence-electron chi connectivity index (χ3n) is 4.86. The zero-order chi connectivity index (χ0) is 20.5. The molecule has 2 heterocycles. The highest BCUT2D eigenvalue weighted by atomic mass is 35.5. The van der Waals surface area contributed by atoms with Crippen molar-refractivity contribution in [2.45, 2.75) is 20.0 Å². The van der Waals surface area contributed by atoms with Crippen LogP contribution >= 0.6 is 22.9 Å². The minimum atomic E-state index is -0.0936. The number of aromatic hydroxyl groups is 1. The molecular weight excluding hydrogens is 406 g/mol. The summed E-state index contributed by atoms with van der Waals surface area (Å²) >= 11 is 7.54. The van der Waals surface area contributed by atoms with Crippen LogP contribution in [0.1, 0.15) is 16.2 Å². The molecule has 1 N–H and O–H groups in total. The monoisotopic (exact) mass is 425 g/mol. The van der Waals surface area contributed by atoms with E-state index in [2.05, 4.69) is 4.90 Å². The van der Waals surface area contributed by atoms with Gasteiger partial charge in [0.1, 0.15) is 17.1 Å². The van der Waals surface area contributed by atoms with E-state index in [9.17, 15) is 9.90 Å². The first-order valence-corrected chi connectivity index (χ1v) is 10.4. The van der Waals surface area contributed by atoms with Gasteiger partial charge in [0.25, 0.3) is 0 Å². The summed E-state index contributed by atoms with van der Waals surface area (Å²) in [5.41, 5.74) is 2.32. The number of phenolic OH excluding ortho intramolecular Hbond substituents is 1. The van der Waals surface area contributed by atoms with Gasteiger partial charge in [-0.15, -0.1) is 11.3 Å². The number of nitrogens with zero attached hydrogens (tertiary/aromatic N) is 1. The largest absolute Gasteiger partial charge is 0.507 e. The number of thiophene rings is 1. The molecule has 4 rings (SSSR count). The second kappa shape index (κ2) is 8.03. The molecule has 0 aliphatic rings. The molecule has 4 nitrogen and oxygen atoms in total. The van der Waals surface area contributed by atoms with Crippen molar-refractivity contribution < 1.29 is 9.52 Å². The van der Waals surface area contributed by atoms with E-state index in [1.165, 1.54) is 11.3 Å². The number of benzene rings is 2. The zero-order valence-corrected chi connectivity index (χ0v) is 17.7. The Morgan fingerprint density at radius 3 is 2.52 bits per heavy atom. The Labute approximate surface area is 177 Å². The standard InChI is InChI=1S/C23H20ClNO3S/c1-14-21(15-6-4-3-5-7-15)22(27)17-9-10-19(26)18(23(17)28-14)13-25(2)12-16-8-11-20(24)29-16/h3-11,26H,12-13H2,1-2H3. The van der Waals surface area contributed by atoms with Crippen molar-refractivity contribution >= 4 is 33.9 Å². The summed E-state index contributed by atoms with van der Waals surface area (Å²) in [5, 5.41) is 11.0. The average Bonchev–Trinajstić information content (AvgIpc) is 3.09. The Kier molecular flexibility index (Phi) is 5.46. The van der Waals surface area contributed by atoms with E-state index in [1.807, 2.05) is 49.5 Å². The highest BCUT2D eigenvalue weighted by Crippen LogP contribution is 2.31. The molecule has 0 aliphatic heterocycles. The minimum absolute atomic E-state index is 0.0936. The van der Waals surface area contributed by atoms with E-state index >= 15 is 0 Å². The fourth-order valence-electron chi connectivity index (χ4n) is 3.53. The highest BCUT2D eigenvalue weighted by Gasteiger charge is 2.19.